The summed E-state index contributed by atoms with van der Waals surface area (Å²) in [4.78, 5) is 22.5. The lowest BCUT2D eigenvalue weighted by atomic mass is 9.94. The summed E-state index contributed by atoms with van der Waals surface area (Å²) >= 11 is 0. The molecule has 1 heterocycles. The van der Waals surface area contributed by atoms with Gasteiger partial charge in [-0.05, 0) is 30.5 Å². The molecule has 1 atom stereocenters. The average molecular weight is 301 g/mol. The largest absolute Gasteiger partial charge is 0.333 e. The van der Waals surface area contributed by atoms with Gasteiger partial charge in [0, 0.05) is 13.2 Å². The van der Waals surface area contributed by atoms with Crippen molar-refractivity contribution >= 4 is 5.91 Å². The van der Waals surface area contributed by atoms with Gasteiger partial charge in [0.2, 0.25) is 0 Å². The van der Waals surface area contributed by atoms with Gasteiger partial charge in [0.1, 0.15) is 11.5 Å². The van der Waals surface area contributed by atoms with Gasteiger partial charge in [-0.25, -0.2) is 9.37 Å². The maximum atomic E-state index is 13.1. The summed E-state index contributed by atoms with van der Waals surface area (Å²) in [6.07, 6.45) is 3.06. The molecule has 0 saturated carbocycles. The highest BCUT2D eigenvalue weighted by molar-refractivity contribution is 5.92. The number of carbonyl (C=O) groups is 1. The van der Waals surface area contributed by atoms with Crippen molar-refractivity contribution in [2.24, 2.45) is 5.92 Å². The minimum absolute atomic E-state index is 0.156. The molecular formula is C17H20FN3O. The molecule has 0 saturated heterocycles. The normalized spacial score (nSPS) is 12.3. The quantitative estimate of drug-likeness (QED) is 0.869. The standard InChI is InChI=1S/C17H20FN3O/c1-11(2)16(13-5-7-14(18)8-6-13)21(4)17(22)15-10-19-12(3)9-20-15/h5-11,16H,1-4H3/t16-/m0/s1. The molecule has 0 spiro atoms. The van der Waals surface area contributed by atoms with E-state index in [0.717, 1.165) is 11.3 Å². The molecule has 0 N–H and O–H groups in total. The highest BCUT2D eigenvalue weighted by atomic mass is 19.1. The summed E-state index contributed by atoms with van der Waals surface area (Å²) in [5.41, 5.74) is 1.96. The molecule has 22 heavy (non-hydrogen) atoms. The maximum Gasteiger partial charge on any atom is 0.274 e. The maximum absolute atomic E-state index is 13.1. The number of amides is 1. The van der Waals surface area contributed by atoms with Crippen LogP contribution in [0.5, 0.6) is 0 Å². The molecular weight excluding hydrogens is 281 g/mol. The topological polar surface area (TPSA) is 46.1 Å². The Morgan fingerprint density at radius 3 is 2.27 bits per heavy atom. The predicted molar refractivity (Wildman–Crippen MR) is 82.8 cm³/mol. The smallest absolute Gasteiger partial charge is 0.274 e. The van der Waals surface area contributed by atoms with Crippen LogP contribution in [0.25, 0.3) is 0 Å². The van der Waals surface area contributed by atoms with Crippen molar-refractivity contribution < 1.29 is 9.18 Å². The summed E-state index contributed by atoms with van der Waals surface area (Å²) in [6, 6.07) is 6.09. The first kappa shape index (κ1) is 16.1. The van der Waals surface area contributed by atoms with E-state index in [1.807, 2.05) is 20.8 Å². The SMILES string of the molecule is Cc1cnc(C(=O)N(C)[C@H](c2ccc(F)cc2)C(C)C)cn1. The molecule has 5 heteroatoms. The van der Waals surface area contributed by atoms with Gasteiger partial charge in [0.15, 0.2) is 0 Å². The molecule has 0 aliphatic carbocycles. The number of hydrogen-bond acceptors (Lipinski definition) is 3. The first-order chi connectivity index (χ1) is 10.4. The fourth-order valence-electron chi connectivity index (χ4n) is 2.53. The van der Waals surface area contributed by atoms with E-state index < -0.39 is 0 Å². The molecule has 0 radical (unpaired) electrons. The molecule has 4 nitrogen and oxygen atoms in total. The highest BCUT2D eigenvalue weighted by Gasteiger charge is 2.26. The van der Waals surface area contributed by atoms with Gasteiger partial charge in [-0.2, -0.15) is 0 Å². The Hall–Kier alpha value is -2.30. The summed E-state index contributed by atoms with van der Waals surface area (Å²) in [7, 11) is 1.73. The van der Waals surface area contributed by atoms with E-state index in [-0.39, 0.29) is 23.7 Å². The summed E-state index contributed by atoms with van der Waals surface area (Å²) in [5, 5.41) is 0. The lowest BCUT2D eigenvalue weighted by Gasteiger charge is -2.31. The average Bonchev–Trinajstić information content (AvgIpc) is 2.49. The van der Waals surface area contributed by atoms with Crippen LogP contribution < -0.4 is 0 Å². The summed E-state index contributed by atoms with van der Waals surface area (Å²) < 4.78 is 13.1. The number of halogens is 1. The highest BCUT2D eigenvalue weighted by Crippen LogP contribution is 2.28. The number of nitrogens with zero attached hydrogens (tertiary/aromatic N) is 3. The van der Waals surface area contributed by atoms with Crippen molar-refractivity contribution in [2.45, 2.75) is 26.8 Å². The molecule has 1 amide bonds. The third-order valence-corrected chi connectivity index (χ3v) is 3.58. The van der Waals surface area contributed by atoms with Crippen LogP contribution in [0.15, 0.2) is 36.7 Å². The van der Waals surface area contributed by atoms with Crippen LogP contribution in [0.1, 0.15) is 41.6 Å². The first-order valence-electron chi connectivity index (χ1n) is 7.21. The Bertz CT molecular complexity index is 638. The van der Waals surface area contributed by atoms with Gasteiger partial charge in [0.05, 0.1) is 17.9 Å². The van der Waals surface area contributed by atoms with Gasteiger partial charge in [-0.15, -0.1) is 0 Å². The van der Waals surface area contributed by atoms with Crippen LogP contribution in [0.4, 0.5) is 4.39 Å². The molecule has 0 bridgehead atoms. The Labute approximate surface area is 130 Å². The lowest BCUT2D eigenvalue weighted by Crippen LogP contribution is -2.34. The number of aromatic nitrogens is 2. The number of benzene rings is 1. The Morgan fingerprint density at radius 2 is 1.77 bits per heavy atom. The molecule has 0 unspecified atom stereocenters. The fraction of sp³-hybridized carbons (Fsp3) is 0.353. The zero-order chi connectivity index (χ0) is 16.3. The third-order valence-electron chi connectivity index (χ3n) is 3.58. The van der Waals surface area contributed by atoms with Gasteiger partial charge in [-0.3, -0.25) is 9.78 Å². The van der Waals surface area contributed by atoms with E-state index in [1.54, 1.807) is 30.3 Å². The van der Waals surface area contributed by atoms with E-state index in [4.69, 9.17) is 0 Å². The van der Waals surface area contributed by atoms with E-state index in [0.29, 0.717) is 5.69 Å². The molecule has 2 aromatic rings. The summed E-state index contributed by atoms with van der Waals surface area (Å²) in [6.45, 7) is 5.87. The van der Waals surface area contributed by atoms with Crippen molar-refractivity contribution in [1.29, 1.82) is 0 Å². The summed E-state index contributed by atoms with van der Waals surface area (Å²) in [5.74, 6) is -0.307. The van der Waals surface area contributed by atoms with Crippen LogP contribution in [-0.2, 0) is 0 Å². The second kappa shape index (κ2) is 6.64. The first-order valence-corrected chi connectivity index (χ1v) is 7.21. The zero-order valence-corrected chi connectivity index (χ0v) is 13.2. The van der Waals surface area contributed by atoms with E-state index in [1.165, 1.54) is 18.3 Å². The molecule has 1 aromatic carbocycles. The van der Waals surface area contributed by atoms with Crippen LogP contribution in [0, 0.1) is 18.7 Å². The molecule has 1 aromatic heterocycles. The molecule has 0 fully saturated rings. The Kier molecular flexibility index (Phi) is 4.85. The van der Waals surface area contributed by atoms with Crippen molar-refractivity contribution in [3.63, 3.8) is 0 Å². The van der Waals surface area contributed by atoms with Crippen LogP contribution >= 0.6 is 0 Å². The number of aryl methyl sites for hydroxylation is 1. The second-order valence-corrected chi connectivity index (χ2v) is 5.70. The molecule has 116 valence electrons. The van der Waals surface area contributed by atoms with Gasteiger partial charge in [-0.1, -0.05) is 26.0 Å². The lowest BCUT2D eigenvalue weighted by molar-refractivity contribution is 0.0680. The Balaban J connectivity index is 2.29. The third kappa shape index (κ3) is 3.47. The van der Waals surface area contributed by atoms with Crippen molar-refractivity contribution in [3.05, 3.63) is 59.4 Å². The molecule has 0 aliphatic heterocycles. The van der Waals surface area contributed by atoms with Crippen LogP contribution in [-0.4, -0.2) is 27.8 Å². The van der Waals surface area contributed by atoms with Crippen molar-refractivity contribution in [2.75, 3.05) is 7.05 Å². The molecule has 2 rings (SSSR count). The number of carbonyl (C=O) groups excluding carboxylic acids is 1. The van der Waals surface area contributed by atoms with Crippen molar-refractivity contribution in [1.82, 2.24) is 14.9 Å². The predicted octanol–water partition coefficient (Wildman–Crippen LogP) is 3.39. The minimum Gasteiger partial charge on any atom is -0.333 e. The fourth-order valence-corrected chi connectivity index (χ4v) is 2.53. The zero-order valence-electron chi connectivity index (χ0n) is 13.2. The van der Waals surface area contributed by atoms with E-state index in [9.17, 15) is 9.18 Å². The second-order valence-electron chi connectivity index (χ2n) is 5.70. The van der Waals surface area contributed by atoms with Gasteiger partial charge in [0.25, 0.3) is 5.91 Å². The van der Waals surface area contributed by atoms with E-state index in [2.05, 4.69) is 9.97 Å². The van der Waals surface area contributed by atoms with Crippen LogP contribution in [0.3, 0.4) is 0 Å². The van der Waals surface area contributed by atoms with Crippen LogP contribution in [0.2, 0.25) is 0 Å². The van der Waals surface area contributed by atoms with Crippen molar-refractivity contribution in [3.8, 4) is 0 Å². The monoisotopic (exact) mass is 301 g/mol. The van der Waals surface area contributed by atoms with E-state index >= 15 is 0 Å². The molecule has 0 aliphatic rings. The van der Waals surface area contributed by atoms with Gasteiger partial charge < -0.3 is 4.90 Å². The van der Waals surface area contributed by atoms with Gasteiger partial charge >= 0.3 is 0 Å². The number of rotatable bonds is 4. The number of hydrogen-bond donors (Lipinski definition) is 0. The Morgan fingerprint density at radius 1 is 1.14 bits per heavy atom. The minimum atomic E-state index is -0.287.